The molecular formula is C46H80NO8P. The molecule has 0 saturated heterocycles. The summed E-state index contributed by atoms with van der Waals surface area (Å²) in [4.78, 5) is 37.5. The van der Waals surface area contributed by atoms with E-state index in [0.717, 1.165) is 70.6 Å². The van der Waals surface area contributed by atoms with Crippen LogP contribution >= 0.6 is 7.82 Å². The van der Waals surface area contributed by atoms with Crippen LogP contribution in [0, 0.1) is 0 Å². The average molecular weight is 806 g/mol. The van der Waals surface area contributed by atoms with Crippen LogP contribution in [0.2, 0.25) is 0 Å². The SMILES string of the molecule is CC/C=C\C/C=C\C/C=C\C/C=C\C/C=C\CCCC(=O)OC[C@H](COP(=O)([O-])OCC[N+](C)(C)C)OC(=O)CCCCCCC/C=C\CCCCCCCC. The van der Waals surface area contributed by atoms with Gasteiger partial charge in [-0.05, 0) is 77.0 Å². The fourth-order valence-electron chi connectivity index (χ4n) is 5.33. The molecule has 10 heteroatoms. The molecule has 0 aromatic rings. The van der Waals surface area contributed by atoms with Crippen molar-refractivity contribution in [2.24, 2.45) is 0 Å². The van der Waals surface area contributed by atoms with Gasteiger partial charge in [-0.2, -0.15) is 0 Å². The molecule has 9 nitrogen and oxygen atoms in total. The molecule has 2 atom stereocenters. The minimum absolute atomic E-state index is 0.0446. The third-order valence-corrected chi connectivity index (χ3v) is 9.67. The second-order valence-electron chi connectivity index (χ2n) is 15.3. The van der Waals surface area contributed by atoms with Crippen LogP contribution in [-0.4, -0.2) is 70.0 Å². The predicted octanol–water partition coefficient (Wildman–Crippen LogP) is 11.6. The van der Waals surface area contributed by atoms with E-state index in [2.05, 4.69) is 80.7 Å². The van der Waals surface area contributed by atoms with E-state index in [1.807, 2.05) is 27.2 Å². The lowest BCUT2D eigenvalue weighted by molar-refractivity contribution is -0.870. The topological polar surface area (TPSA) is 111 Å². The minimum Gasteiger partial charge on any atom is -0.756 e. The zero-order valence-corrected chi connectivity index (χ0v) is 36.9. The van der Waals surface area contributed by atoms with Gasteiger partial charge in [-0.25, -0.2) is 0 Å². The molecule has 0 amide bonds. The van der Waals surface area contributed by atoms with Crippen molar-refractivity contribution in [2.45, 2.75) is 161 Å². The van der Waals surface area contributed by atoms with Crippen molar-refractivity contribution in [3.8, 4) is 0 Å². The molecule has 0 bridgehead atoms. The maximum Gasteiger partial charge on any atom is 0.306 e. The molecule has 0 N–H and O–H groups in total. The number of carbonyl (C=O) groups is 2. The summed E-state index contributed by atoms with van der Waals surface area (Å²) in [7, 11) is 1.12. The van der Waals surface area contributed by atoms with Crippen LogP contribution in [0.4, 0.5) is 0 Å². The van der Waals surface area contributed by atoms with Gasteiger partial charge in [0.25, 0.3) is 7.82 Å². The van der Waals surface area contributed by atoms with Crippen LogP contribution in [0.1, 0.15) is 155 Å². The standard InChI is InChI=1S/C46H80NO8P/c1-6-8-10-12-14-16-18-20-22-23-25-26-28-30-32-34-36-38-45(48)52-42-44(43-54-56(50,51)53-41-40-47(3,4)5)55-46(49)39-37-35-33-31-29-27-24-21-19-17-15-13-11-9-7-2/h8,10,14,16,20-22,24-26,30,32,44H,6-7,9,11-13,15,17-19,23,27-29,31,33-43H2,1-5H3/b10-8-,16-14-,22-20-,24-21-,26-25-,32-30-/t44-/m1/s1. The number of hydrogen-bond acceptors (Lipinski definition) is 8. The summed E-state index contributed by atoms with van der Waals surface area (Å²) in [6, 6.07) is 0. The van der Waals surface area contributed by atoms with E-state index >= 15 is 0 Å². The van der Waals surface area contributed by atoms with Crippen molar-refractivity contribution in [3.05, 3.63) is 72.9 Å². The van der Waals surface area contributed by atoms with Gasteiger partial charge in [-0.15, -0.1) is 0 Å². The quantitative estimate of drug-likeness (QED) is 0.0199. The van der Waals surface area contributed by atoms with Crippen molar-refractivity contribution < 1.29 is 42.1 Å². The van der Waals surface area contributed by atoms with Gasteiger partial charge in [-0.1, -0.05) is 138 Å². The average Bonchev–Trinajstić information content (AvgIpc) is 3.15. The van der Waals surface area contributed by atoms with Gasteiger partial charge >= 0.3 is 11.9 Å². The molecular weight excluding hydrogens is 725 g/mol. The molecule has 1 unspecified atom stereocenters. The van der Waals surface area contributed by atoms with Gasteiger partial charge in [-0.3, -0.25) is 14.2 Å². The molecule has 56 heavy (non-hydrogen) atoms. The second-order valence-corrected chi connectivity index (χ2v) is 16.7. The van der Waals surface area contributed by atoms with Crippen molar-refractivity contribution in [1.29, 1.82) is 0 Å². The molecule has 0 saturated carbocycles. The number of likely N-dealkylation sites (N-methyl/N-ethyl adjacent to an activating group) is 1. The number of esters is 2. The highest BCUT2D eigenvalue weighted by atomic mass is 31.2. The Bertz CT molecular complexity index is 1180. The van der Waals surface area contributed by atoms with E-state index in [9.17, 15) is 19.0 Å². The van der Waals surface area contributed by atoms with Gasteiger partial charge in [0, 0.05) is 12.8 Å². The number of rotatable bonds is 38. The monoisotopic (exact) mass is 806 g/mol. The van der Waals surface area contributed by atoms with Gasteiger partial charge in [0.1, 0.15) is 19.8 Å². The van der Waals surface area contributed by atoms with Crippen LogP contribution in [0.15, 0.2) is 72.9 Å². The number of allylic oxidation sites excluding steroid dienone is 12. The number of hydrogen-bond donors (Lipinski definition) is 0. The maximum atomic E-state index is 12.7. The molecule has 0 aliphatic rings. The highest BCUT2D eigenvalue weighted by molar-refractivity contribution is 7.45. The molecule has 0 aromatic heterocycles. The summed E-state index contributed by atoms with van der Waals surface area (Å²) in [6.45, 7) is 4.01. The summed E-state index contributed by atoms with van der Waals surface area (Å²) < 4.78 is 33.8. The van der Waals surface area contributed by atoms with E-state index < -0.39 is 32.5 Å². The first-order chi connectivity index (χ1) is 27.0. The first-order valence-electron chi connectivity index (χ1n) is 21.6. The third kappa shape index (κ3) is 41.1. The van der Waals surface area contributed by atoms with Crippen LogP contribution in [0.5, 0.6) is 0 Å². The predicted molar refractivity (Wildman–Crippen MR) is 231 cm³/mol. The largest absolute Gasteiger partial charge is 0.756 e. The van der Waals surface area contributed by atoms with Gasteiger partial charge in [0.2, 0.25) is 0 Å². The van der Waals surface area contributed by atoms with Crippen LogP contribution < -0.4 is 4.89 Å². The minimum atomic E-state index is -4.64. The summed E-state index contributed by atoms with van der Waals surface area (Å²) in [5.41, 5.74) is 0. The number of phosphoric acid groups is 1. The first kappa shape index (κ1) is 53.5. The second kappa shape index (κ2) is 38.0. The molecule has 0 aromatic carbocycles. The lowest BCUT2D eigenvalue weighted by atomic mass is 10.1. The summed E-state index contributed by atoms with van der Waals surface area (Å²) in [5, 5.41) is 0. The zero-order valence-electron chi connectivity index (χ0n) is 36.1. The molecule has 322 valence electrons. The van der Waals surface area contributed by atoms with E-state index in [1.165, 1.54) is 44.9 Å². The molecule has 0 heterocycles. The summed E-state index contributed by atoms with van der Waals surface area (Å²) in [6.07, 6.45) is 46.5. The Balaban J connectivity index is 4.49. The van der Waals surface area contributed by atoms with E-state index in [4.69, 9.17) is 18.5 Å². The van der Waals surface area contributed by atoms with Crippen molar-refractivity contribution in [1.82, 2.24) is 0 Å². The Morgan fingerprint density at radius 3 is 1.59 bits per heavy atom. The molecule has 0 rings (SSSR count). The lowest BCUT2D eigenvalue weighted by Gasteiger charge is -2.28. The molecule has 0 spiro atoms. The number of nitrogens with zero attached hydrogens (tertiary/aromatic N) is 1. The maximum absolute atomic E-state index is 12.7. The Morgan fingerprint density at radius 2 is 1.04 bits per heavy atom. The zero-order chi connectivity index (χ0) is 41.4. The summed E-state index contributed by atoms with van der Waals surface area (Å²) >= 11 is 0. The number of quaternary nitrogens is 1. The van der Waals surface area contributed by atoms with Crippen LogP contribution in [0.25, 0.3) is 0 Å². The Kier molecular flexibility index (Phi) is 36.3. The van der Waals surface area contributed by atoms with Crippen LogP contribution in [0.3, 0.4) is 0 Å². The van der Waals surface area contributed by atoms with Gasteiger partial charge in [0.15, 0.2) is 6.10 Å². The van der Waals surface area contributed by atoms with Gasteiger partial charge in [0.05, 0.1) is 27.7 Å². The molecule has 0 aliphatic heterocycles. The van der Waals surface area contributed by atoms with Crippen molar-refractivity contribution in [2.75, 3.05) is 47.5 Å². The van der Waals surface area contributed by atoms with Gasteiger partial charge < -0.3 is 27.9 Å². The van der Waals surface area contributed by atoms with Crippen LogP contribution in [-0.2, 0) is 32.7 Å². The molecule has 0 radical (unpaired) electrons. The fourth-order valence-corrected chi connectivity index (χ4v) is 6.06. The Morgan fingerprint density at radius 1 is 0.571 bits per heavy atom. The number of ether oxygens (including phenoxy) is 2. The summed E-state index contributed by atoms with van der Waals surface area (Å²) in [5.74, 6) is -0.919. The Hall–Kier alpha value is -2.55. The van der Waals surface area contributed by atoms with E-state index in [1.54, 1.807) is 0 Å². The third-order valence-electron chi connectivity index (χ3n) is 8.71. The molecule has 0 fully saturated rings. The van der Waals surface area contributed by atoms with Crippen molar-refractivity contribution >= 4 is 19.8 Å². The Labute approximate surface area is 342 Å². The normalized spacial score (nSPS) is 14.3. The lowest BCUT2D eigenvalue weighted by Crippen LogP contribution is -2.37. The fraction of sp³-hybridized carbons (Fsp3) is 0.696. The van der Waals surface area contributed by atoms with E-state index in [-0.39, 0.29) is 26.1 Å². The van der Waals surface area contributed by atoms with Crippen molar-refractivity contribution in [3.63, 3.8) is 0 Å². The smallest absolute Gasteiger partial charge is 0.306 e. The van der Waals surface area contributed by atoms with E-state index in [0.29, 0.717) is 23.9 Å². The molecule has 0 aliphatic carbocycles. The highest BCUT2D eigenvalue weighted by Gasteiger charge is 2.21. The highest BCUT2D eigenvalue weighted by Crippen LogP contribution is 2.38. The number of unbranched alkanes of at least 4 members (excludes halogenated alkanes) is 12. The number of carbonyl (C=O) groups excluding carboxylic acids is 2. The first-order valence-corrected chi connectivity index (χ1v) is 23.1. The number of phosphoric ester groups is 1.